The molecule has 1 aliphatic rings. The van der Waals surface area contributed by atoms with Crippen LogP contribution in [0.15, 0.2) is 91.0 Å². The molecule has 4 heteroatoms. The Labute approximate surface area is 198 Å². The molecule has 174 valence electrons. The van der Waals surface area contributed by atoms with Crippen LogP contribution in [0.5, 0.6) is 0 Å². The zero-order valence-corrected chi connectivity index (χ0v) is 19.7. The van der Waals surface area contributed by atoms with Gasteiger partial charge in [0.15, 0.2) is 0 Å². The van der Waals surface area contributed by atoms with Gasteiger partial charge in [-0.25, -0.2) is 0 Å². The molecular formula is C29H37N3O. The predicted octanol–water partition coefficient (Wildman–Crippen LogP) is 4.30. The molecule has 1 aliphatic heterocycles. The molecule has 0 aromatic heterocycles. The van der Waals surface area contributed by atoms with Crippen molar-refractivity contribution in [3.8, 4) is 0 Å². The molecule has 1 saturated heterocycles. The summed E-state index contributed by atoms with van der Waals surface area (Å²) in [6.07, 6.45) is 0.687. The highest BCUT2D eigenvalue weighted by molar-refractivity contribution is 5.19. The summed E-state index contributed by atoms with van der Waals surface area (Å²) in [6, 6.07) is 32.0. The Morgan fingerprint density at radius 2 is 1.30 bits per heavy atom. The van der Waals surface area contributed by atoms with E-state index in [1.165, 1.54) is 16.7 Å². The molecule has 3 aromatic carbocycles. The van der Waals surface area contributed by atoms with Crippen LogP contribution in [0.4, 0.5) is 0 Å². The molecule has 4 nitrogen and oxygen atoms in total. The largest absolute Gasteiger partial charge is 0.390 e. The van der Waals surface area contributed by atoms with Crippen LogP contribution in [0, 0.1) is 0 Å². The minimum absolute atomic E-state index is 0.0298. The second-order valence-corrected chi connectivity index (χ2v) is 9.17. The Hall–Kier alpha value is -2.50. The van der Waals surface area contributed by atoms with Crippen LogP contribution in [0.1, 0.15) is 30.0 Å². The predicted molar refractivity (Wildman–Crippen MR) is 136 cm³/mol. The van der Waals surface area contributed by atoms with E-state index in [2.05, 4.69) is 113 Å². The zero-order valence-electron chi connectivity index (χ0n) is 19.7. The summed E-state index contributed by atoms with van der Waals surface area (Å²) in [5, 5.41) is 15.3. The van der Waals surface area contributed by atoms with Gasteiger partial charge in [-0.3, -0.25) is 9.80 Å². The van der Waals surface area contributed by atoms with E-state index in [9.17, 15) is 5.11 Å². The first-order valence-corrected chi connectivity index (χ1v) is 12.2. The van der Waals surface area contributed by atoms with Gasteiger partial charge in [0.05, 0.1) is 12.1 Å². The third kappa shape index (κ3) is 6.75. The lowest BCUT2D eigenvalue weighted by Gasteiger charge is -2.47. The number of nitrogens with zero attached hydrogens (tertiary/aromatic N) is 2. The quantitative estimate of drug-likeness (QED) is 0.490. The summed E-state index contributed by atoms with van der Waals surface area (Å²) in [7, 11) is 0. The van der Waals surface area contributed by atoms with Crippen molar-refractivity contribution in [1.29, 1.82) is 0 Å². The third-order valence-electron chi connectivity index (χ3n) is 6.54. The number of likely N-dealkylation sites (tertiary alicyclic amines) is 1. The van der Waals surface area contributed by atoms with E-state index in [4.69, 9.17) is 0 Å². The van der Waals surface area contributed by atoms with E-state index in [-0.39, 0.29) is 12.1 Å². The zero-order chi connectivity index (χ0) is 22.9. The van der Waals surface area contributed by atoms with Crippen LogP contribution in [0.25, 0.3) is 0 Å². The summed E-state index contributed by atoms with van der Waals surface area (Å²) in [4.78, 5) is 4.88. The maximum Gasteiger partial charge on any atom is 0.0837 e. The molecule has 0 bridgehead atoms. The van der Waals surface area contributed by atoms with Crippen LogP contribution in [0.3, 0.4) is 0 Å². The normalized spacial score (nSPS) is 21.4. The lowest BCUT2D eigenvalue weighted by molar-refractivity contribution is -0.0392. The maximum atomic E-state index is 11.4. The monoisotopic (exact) mass is 443 g/mol. The maximum absolute atomic E-state index is 11.4. The minimum atomic E-state index is -0.411. The van der Waals surface area contributed by atoms with E-state index < -0.39 is 6.10 Å². The van der Waals surface area contributed by atoms with Gasteiger partial charge in [0.2, 0.25) is 0 Å². The highest BCUT2D eigenvalue weighted by Crippen LogP contribution is 2.23. The number of hydrogen-bond acceptors (Lipinski definition) is 4. The fourth-order valence-corrected chi connectivity index (χ4v) is 5.03. The van der Waals surface area contributed by atoms with Crippen molar-refractivity contribution in [2.24, 2.45) is 0 Å². The average Bonchev–Trinajstić information content (AvgIpc) is 2.84. The van der Waals surface area contributed by atoms with Gasteiger partial charge in [-0.15, -0.1) is 0 Å². The van der Waals surface area contributed by atoms with Crippen LogP contribution in [-0.2, 0) is 19.6 Å². The highest BCUT2D eigenvalue weighted by atomic mass is 16.3. The lowest BCUT2D eigenvalue weighted by Crippen LogP contribution is -2.65. The molecule has 1 fully saturated rings. The fraction of sp³-hybridized carbons (Fsp3) is 0.379. The van der Waals surface area contributed by atoms with Gasteiger partial charge in [0, 0.05) is 38.8 Å². The van der Waals surface area contributed by atoms with Crippen molar-refractivity contribution in [3.05, 3.63) is 108 Å². The van der Waals surface area contributed by atoms with Crippen molar-refractivity contribution >= 4 is 0 Å². The summed E-state index contributed by atoms with van der Waals surface area (Å²) in [5.41, 5.74) is 3.83. The molecule has 33 heavy (non-hydrogen) atoms. The summed E-state index contributed by atoms with van der Waals surface area (Å²) in [5.74, 6) is 0. The number of aliphatic hydroxyl groups is 1. The summed E-state index contributed by atoms with van der Waals surface area (Å²) >= 11 is 0. The Morgan fingerprint density at radius 1 is 0.788 bits per heavy atom. The number of piperidine rings is 1. The van der Waals surface area contributed by atoms with Crippen LogP contribution in [-0.4, -0.2) is 52.7 Å². The molecular weight excluding hydrogens is 406 g/mol. The SMILES string of the molecule is CCCN1C[C@H](NCc2ccccc2)[C@@H](N(Cc2ccccc2)Cc2ccccc2)[C@@H](O)C1. The number of hydrogen-bond donors (Lipinski definition) is 2. The second kappa shape index (κ2) is 12.1. The molecule has 0 saturated carbocycles. The van der Waals surface area contributed by atoms with E-state index in [0.717, 1.165) is 45.7 Å². The first-order chi connectivity index (χ1) is 16.2. The molecule has 1 heterocycles. The number of benzene rings is 3. The summed E-state index contributed by atoms with van der Waals surface area (Å²) < 4.78 is 0. The van der Waals surface area contributed by atoms with Gasteiger partial charge < -0.3 is 10.4 Å². The Kier molecular flexibility index (Phi) is 8.67. The van der Waals surface area contributed by atoms with Gasteiger partial charge in [0.25, 0.3) is 0 Å². The fourth-order valence-electron chi connectivity index (χ4n) is 5.03. The molecule has 0 aliphatic carbocycles. The summed E-state index contributed by atoms with van der Waals surface area (Å²) in [6.45, 7) is 7.33. The second-order valence-electron chi connectivity index (χ2n) is 9.17. The topological polar surface area (TPSA) is 38.7 Å². The van der Waals surface area contributed by atoms with Crippen molar-refractivity contribution in [2.45, 2.75) is 51.2 Å². The van der Waals surface area contributed by atoms with Crippen molar-refractivity contribution in [2.75, 3.05) is 19.6 Å². The van der Waals surface area contributed by atoms with Gasteiger partial charge in [0.1, 0.15) is 0 Å². The van der Waals surface area contributed by atoms with E-state index in [1.807, 2.05) is 0 Å². The van der Waals surface area contributed by atoms with Crippen LogP contribution < -0.4 is 5.32 Å². The van der Waals surface area contributed by atoms with Crippen LogP contribution >= 0.6 is 0 Å². The Morgan fingerprint density at radius 3 is 1.82 bits per heavy atom. The molecule has 3 aromatic rings. The van der Waals surface area contributed by atoms with Gasteiger partial charge in [-0.1, -0.05) is 97.9 Å². The number of nitrogens with one attached hydrogen (secondary N) is 1. The first-order valence-electron chi connectivity index (χ1n) is 12.2. The molecule has 0 amide bonds. The molecule has 3 atom stereocenters. The van der Waals surface area contributed by atoms with E-state index in [0.29, 0.717) is 0 Å². The molecule has 4 rings (SSSR count). The average molecular weight is 444 g/mol. The highest BCUT2D eigenvalue weighted by Gasteiger charge is 2.39. The molecule has 0 unspecified atom stereocenters. The Bertz CT molecular complexity index is 893. The number of β-amino-alcohol motifs (C(OH)–C–C–N with tert-alkyl or cyclic N) is 1. The van der Waals surface area contributed by atoms with Crippen molar-refractivity contribution < 1.29 is 5.11 Å². The molecule has 0 spiro atoms. The van der Waals surface area contributed by atoms with Gasteiger partial charge in [-0.05, 0) is 29.7 Å². The van der Waals surface area contributed by atoms with Gasteiger partial charge >= 0.3 is 0 Å². The van der Waals surface area contributed by atoms with Crippen LogP contribution in [0.2, 0.25) is 0 Å². The van der Waals surface area contributed by atoms with E-state index in [1.54, 1.807) is 0 Å². The third-order valence-corrected chi connectivity index (χ3v) is 6.54. The standard InChI is InChI=1S/C29H37N3O/c1-2-18-31-22-27(30-19-24-12-6-3-7-13-24)29(28(33)23-31)32(20-25-14-8-4-9-15-25)21-26-16-10-5-11-17-26/h3-17,27-30,33H,2,18-23H2,1H3/t27-,28-,29+/m0/s1. The van der Waals surface area contributed by atoms with E-state index >= 15 is 0 Å². The number of rotatable bonds is 10. The minimum Gasteiger partial charge on any atom is -0.390 e. The molecule has 0 radical (unpaired) electrons. The van der Waals surface area contributed by atoms with Gasteiger partial charge in [-0.2, -0.15) is 0 Å². The van der Waals surface area contributed by atoms with Crippen molar-refractivity contribution in [1.82, 2.24) is 15.1 Å². The lowest BCUT2D eigenvalue weighted by atomic mass is 9.93. The molecule has 2 N–H and O–H groups in total. The Balaban J connectivity index is 1.59. The van der Waals surface area contributed by atoms with Crippen molar-refractivity contribution in [3.63, 3.8) is 0 Å². The smallest absolute Gasteiger partial charge is 0.0837 e. The first kappa shape index (κ1) is 23.7. The number of aliphatic hydroxyl groups excluding tert-OH is 1.